The molecule has 0 radical (unpaired) electrons. The predicted molar refractivity (Wildman–Crippen MR) is 70.1 cm³/mol. The van der Waals surface area contributed by atoms with Crippen LogP contribution in [0.3, 0.4) is 0 Å². The average Bonchev–Trinajstić information content (AvgIpc) is 2.40. The first-order chi connectivity index (χ1) is 8.74. The van der Waals surface area contributed by atoms with Crippen molar-refractivity contribution in [3.05, 3.63) is 42.1 Å². The molecule has 0 aromatic carbocycles. The third kappa shape index (κ3) is 2.71. The third-order valence-corrected chi connectivity index (χ3v) is 2.93. The van der Waals surface area contributed by atoms with E-state index in [1.807, 2.05) is 32.0 Å². The van der Waals surface area contributed by atoms with E-state index < -0.39 is 0 Å². The molecular weight excluding hydrogens is 226 g/mol. The molecule has 2 heterocycles. The van der Waals surface area contributed by atoms with Crippen LogP contribution in [0.15, 0.2) is 30.6 Å². The van der Waals surface area contributed by atoms with E-state index in [0.717, 1.165) is 23.4 Å². The fraction of sp³-hybridized carbons (Fsp3) is 0.357. The summed E-state index contributed by atoms with van der Waals surface area (Å²) in [5.74, 6) is 0.720. The molecule has 0 aliphatic rings. The van der Waals surface area contributed by atoms with Gasteiger partial charge in [0.2, 0.25) is 0 Å². The summed E-state index contributed by atoms with van der Waals surface area (Å²) in [5, 5.41) is 9.34. The lowest BCUT2D eigenvalue weighted by atomic mass is 10.1. The number of rotatable bonds is 4. The van der Waals surface area contributed by atoms with Crippen molar-refractivity contribution in [2.24, 2.45) is 0 Å². The molecule has 4 nitrogen and oxygen atoms in total. The van der Waals surface area contributed by atoms with Gasteiger partial charge >= 0.3 is 0 Å². The van der Waals surface area contributed by atoms with Gasteiger partial charge < -0.3 is 5.11 Å². The van der Waals surface area contributed by atoms with Crippen molar-refractivity contribution in [2.45, 2.75) is 26.2 Å². The predicted octanol–water partition coefficient (Wildman–Crippen LogP) is 2.33. The van der Waals surface area contributed by atoms with E-state index in [9.17, 15) is 5.11 Å². The fourth-order valence-electron chi connectivity index (χ4n) is 1.84. The molecule has 4 heteroatoms. The van der Waals surface area contributed by atoms with Gasteiger partial charge in [-0.1, -0.05) is 6.92 Å². The molecule has 0 spiro atoms. The number of hydrogen-bond donors (Lipinski definition) is 1. The first-order valence-electron chi connectivity index (χ1n) is 6.11. The Labute approximate surface area is 107 Å². The highest BCUT2D eigenvalue weighted by Gasteiger charge is 2.13. The summed E-state index contributed by atoms with van der Waals surface area (Å²) in [7, 11) is 0. The van der Waals surface area contributed by atoms with Gasteiger partial charge in [-0.2, -0.15) is 0 Å². The van der Waals surface area contributed by atoms with Crippen molar-refractivity contribution in [1.82, 2.24) is 15.0 Å². The van der Waals surface area contributed by atoms with Crippen LogP contribution in [-0.2, 0) is 0 Å². The lowest BCUT2D eigenvalue weighted by Gasteiger charge is -2.12. The SMILES string of the molecule is CCC(CO)c1nc(C)cc(-c2ccncc2)n1. The molecule has 1 atom stereocenters. The molecule has 2 aromatic rings. The highest BCUT2D eigenvalue weighted by atomic mass is 16.3. The highest BCUT2D eigenvalue weighted by Crippen LogP contribution is 2.21. The average molecular weight is 243 g/mol. The van der Waals surface area contributed by atoms with Crippen LogP contribution in [0, 0.1) is 6.92 Å². The smallest absolute Gasteiger partial charge is 0.134 e. The van der Waals surface area contributed by atoms with Gasteiger partial charge in [0, 0.05) is 29.6 Å². The summed E-state index contributed by atoms with van der Waals surface area (Å²) in [6.45, 7) is 4.05. The first kappa shape index (κ1) is 12.6. The molecule has 0 bridgehead atoms. The molecule has 2 rings (SSSR count). The molecule has 0 saturated carbocycles. The molecule has 1 N–H and O–H groups in total. The molecule has 0 aliphatic carbocycles. The van der Waals surface area contributed by atoms with Gasteiger partial charge in [-0.05, 0) is 31.5 Å². The van der Waals surface area contributed by atoms with E-state index in [-0.39, 0.29) is 12.5 Å². The Morgan fingerprint density at radius 2 is 1.94 bits per heavy atom. The van der Waals surface area contributed by atoms with Crippen molar-refractivity contribution < 1.29 is 5.11 Å². The van der Waals surface area contributed by atoms with Gasteiger partial charge in [0.05, 0.1) is 12.3 Å². The van der Waals surface area contributed by atoms with Crippen LogP contribution in [0.4, 0.5) is 0 Å². The summed E-state index contributed by atoms with van der Waals surface area (Å²) in [4.78, 5) is 13.0. The van der Waals surface area contributed by atoms with Crippen molar-refractivity contribution in [3.8, 4) is 11.3 Å². The number of aromatic nitrogens is 3. The van der Waals surface area contributed by atoms with Crippen molar-refractivity contribution in [3.63, 3.8) is 0 Å². The highest BCUT2D eigenvalue weighted by molar-refractivity contribution is 5.58. The van der Waals surface area contributed by atoms with Crippen molar-refractivity contribution in [2.75, 3.05) is 6.61 Å². The first-order valence-corrected chi connectivity index (χ1v) is 6.11. The van der Waals surface area contributed by atoms with Gasteiger partial charge in [0.1, 0.15) is 5.82 Å². The third-order valence-electron chi connectivity index (χ3n) is 2.93. The zero-order valence-electron chi connectivity index (χ0n) is 10.7. The van der Waals surface area contributed by atoms with Gasteiger partial charge in [-0.15, -0.1) is 0 Å². The minimum atomic E-state index is 0.00508. The second kappa shape index (κ2) is 5.69. The molecule has 0 fully saturated rings. The molecule has 0 saturated heterocycles. The Morgan fingerprint density at radius 3 is 2.56 bits per heavy atom. The fourth-order valence-corrected chi connectivity index (χ4v) is 1.84. The minimum Gasteiger partial charge on any atom is -0.396 e. The zero-order chi connectivity index (χ0) is 13.0. The summed E-state index contributed by atoms with van der Waals surface area (Å²) < 4.78 is 0. The van der Waals surface area contributed by atoms with E-state index in [1.165, 1.54) is 0 Å². The Balaban J connectivity index is 2.44. The van der Waals surface area contributed by atoms with Gasteiger partial charge in [0.25, 0.3) is 0 Å². The molecule has 0 amide bonds. The number of aryl methyl sites for hydroxylation is 1. The van der Waals surface area contributed by atoms with Gasteiger partial charge in [0.15, 0.2) is 0 Å². The number of pyridine rings is 1. The summed E-state index contributed by atoms with van der Waals surface area (Å²) in [5.41, 5.74) is 2.81. The lowest BCUT2D eigenvalue weighted by molar-refractivity contribution is 0.257. The van der Waals surface area contributed by atoms with Crippen molar-refractivity contribution in [1.29, 1.82) is 0 Å². The second-order valence-electron chi connectivity index (χ2n) is 4.28. The number of nitrogens with zero attached hydrogens (tertiary/aromatic N) is 3. The quantitative estimate of drug-likeness (QED) is 0.895. The molecule has 1 unspecified atom stereocenters. The Kier molecular flexibility index (Phi) is 3.99. The maximum atomic E-state index is 9.34. The lowest BCUT2D eigenvalue weighted by Crippen LogP contribution is -2.09. The normalized spacial score (nSPS) is 12.4. The van der Waals surface area contributed by atoms with Crippen LogP contribution in [0.2, 0.25) is 0 Å². The Morgan fingerprint density at radius 1 is 1.22 bits per heavy atom. The van der Waals surface area contributed by atoms with E-state index in [1.54, 1.807) is 12.4 Å². The molecular formula is C14H17N3O. The van der Waals surface area contributed by atoms with E-state index in [0.29, 0.717) is 5.82 Å². The van der Waals surface area contributed by atoms with Crippen LogP contribution in [0.5, 0.6) is 0 Å². The molecule has 94 valence electrons. The van der Waals surface area contributed by atoms with E-state index >= 15 is 0 Å². The van der Waals surface area contributed by atoms with Crippen molar-refractivity contribution >= 4 is 0 Å². The minimum absolute atomic E-state index is 0.00508. The number of aliphatic hydroxyl groups excluding tert-OH is 1. The summed E-state index contributed by atoms with van der Waals surface area (Å²) in [6, 6.07) is 5.79. The van der Waals surface area contributed by atoms with Crippen LogP contribution >= 0.6 is 0 Å². The van der Waals surface area contributed by atoms with E-state index in [4.69, 9.17) is 0 Å². The maximum Gasteiger partial charge on any atom is 0.134 e. The monoisotopic (exact) mass is 243 g/mol. The standard InChI is InChI=1S/C14H17N3O/c1-3-11(9-18)14-16-10(2)8-13(17-14)12-4-6-15-7-5-12/h4-8,11,18H,3,9H2,1-2H3. The Bertz CT molecular complexity index is 510. The van der Waals surface area contributed by atoms with Crippen LogP contribution < -0.4 is 0 Å². The number of aliphatic hydroxyl groups is 1. The van der Waals surface area contributed by atoms with Crippen LogP contribution in [0.25, 0.3) is 11.3 Å². The summed E-state index contributed by atoms with van der Waals surface area (Å²) >= 11 is 0. The second-order valence-corrected chi connectivity index (χ2v) is 4.28. The molecule has 2 aromatic heterocycles. The molecule has 18 heavy (non-hydrogen) atoms. The number of hydrogen-bond acceptors (Lipinski definition) is 4. The van der Waals surface area contributed by atoms with Gasteiger partial charge in [-0.3, -0.25) is 4.98 Å². The zero-order valence-corrected chi connectivity index (χ0v) is 10.7. The van der Waals surface area contributed by atoms with Gasteiger partial charge in [-0.25, -0.2) is 9.97 Å². The van der Waals surface area contributed by atoms with Crippen LogP contribution in [0.1, 0.15) is 30.8 Å². The molecule has 0 aliphatic heterocycles. The van der Waals surface area contributed by atoms with Crippen LogP contribution in [-0.4, -0.2) is 26.7 Å². The van der Waals surface area contributed by atoms with E-state index in [2.05, 4.69) is 15.0 Å². The summed E-state index contributed by atoms with van der Waals surface area (Å²) in [6.07, 6.45) is 4.32. The topological polar surface area (TPSA) is 58.9 Å². The Hall–Kier alpha value is -1.81. The maximum absolute atomic E-state index is 9.34. The largest absolute Gasteiger partial charge is 0.396 e.